The van der Waals surface area contributed by atoms with Crippen LogP contribution in [0.4, 0.5) is 0 Å². The molecule has 3 unspecified atom stereocenters. The predicted octanol–water partition coefficient (Wildman–Crippen LogP) is 1.82. The van der Waals surface area contributed by atoms with Gasteiger partial charge in [-0.1, -0.05) is 6.92 Å². The lowest BCUT2D eigenvalue weighted by atomic mass is 10.00. The number of nitrogens with one attached hydrogen (secondary N) is 1. The Morgan fingerprint density at radius 1 is 1.56 bits per heavy atom. The van der Waals surface area contributed by atoms with Crippen LogP contribution in [0.15, 0.2) is 0 Å². The molecule has 1 saturated carbocycles. The second-order valence-electron chi connectivity index (χ2n) is 6.73. The van der Waals surface area contributed by atoms with Crippen molar-refractivity contribution < 1.29 is 9.53 Å². The third kappa shape index (κ3) is 4.25. The lowest BCUT2D eigenvalue weighted by molar-refractivity contribution is -0.145. The highest BCUT2D eigenvalue weighted by molar-refractivity contribution is 5.81. The normalized spacial score (nSPS) is 30.2. The smallest absolute Gasteiger partial charge is 0.249 e. The zero-order valence-electron chi connectivity index (χ0n) is 12.4. The van der Waals surface area contributed by atoms with E-state index in [1.807, 2.05) is 27.7 Å². The molecule has 106 valence electrons. The maximum Gasteiger partial charge on any atom is 0.249 e. The molecule has 0 aromatic rings. The number of carbonyl (C=O) groups excluding carboxylic acids is 1. The molecule has 0 aromatic heterocycles. The summed E-state index contributed by atoms with van der Waals surface area (Å²) in [6.45, 7) is 10.4. The molecule has 0 aliphatic heterocycles. The van der Waals surface area contributed by atoms with Gasteiger partial charge in [0.25, 0.3) is 0 Å². The van der Waals surface area contributed by atoms with E-state index in [9.17, 15) is 4.79 Å². The molecule has 0 bridgehead atoms. The van der Waals surface area contributed by atoms with E-state index >= 15 is 0 Å². The summed E-state index contributed by atoms with van der Waals surface area (Å²) in [7, 11) is 0. The van der Waals surface area contributed by atoms with Gasteiger partial charge in [-0.2, -0.15) is 0 Å². The lowest BCUT2D eigenvalue weighted by Crippen LogP contribution is -2.50. The summed E-state index contributed by atoms with van der Waals surface area (Å²) in [6, 6.07) is 0. The third-order valence-corrected chi connectivity index (χ3v) is 3.48. The average molecular weight is 256 g/mol. The van der Waals surface area contributed by atoms with Crippen LogP contribution in [0.1, 0.15) is 53.9 Å². The van der Waals surface area contributed by atoms with E-state index in [4.69, 9.17) is 10.5 Å². The van der Waals surface area contributed by atoms with E-state index in [1.165, 1.54) is 0 Å². The van der Waals surface area contributed by atoms with Crippen molar-refractivity contribution in [1.29, 1.82) is 0 Å². The van der Waals surface area contributed by atoms with Crippen LogP contribution in [-0.2, 0) is 9.53 Å². The molecule has 0 saturated heterocycles. The van der Waals surface area contributed by atoms with Crippen molar-refractivity contribution >= 4 is 5.91 Å². The van der Waals surface area contributed by atoms with Crippen LogP contribution in [-0.4, -0.2) is 29.7 Å². The summed E-state index contributed by atoms with van der Waals surface area (Å²) >= 11 is 0. The highest BCUT2D eigenvalue weighted by Crippen LogP contribution is 2.37. The number of hydrogen-bond donors (Lipinski definition) is 2. The molecule has 0 heterocycles. The summed E-state index contributed by atoms with van der Waals surface area (Å²) in [5.74, 6) is 0.571. The fraction of sp³-hybridized carbons (Fsp3) is 0.929. The van der Waals surface area contributed by atoms with Gasteiger partial charge in [0.1, 0.15) is 6.10 Å². The van der Waals surface area contributed by atoms with E-state index in [1.54, 1.807) is 0 Å². The summed E-state index contributed by atoms with van der Waals surface area (Å²) < 4.78 is 5.99. The fourth-order valence-electron chi connectivity index (χ4n) is 2.59. The van der Waals surface area contributed by atoms with Crippen molar-refractivity contribution in [2.24, 2.45) is 11.7 Å². The summed E-state index contributed by atoms with van der Waals surface area (Å²) in [4.78, 5) is 12.0. The van der Waals surface area contributed by atoms with Gasteiger partial charge in [0.2, 0.25) is 5.91 Å². The van der Waals surface area contributed by atoms with Crippen molar-refractivity contribution in [3.63, 3.8) is 0 Å². The van der Waals surface area contributed by atoms with Crippen LogP contribution in [0.2, 0.25) is 0 Å². The van der Waals surface area contributed by atoms with Crippen molar-refractivity contribution in [1.82, 2.24) is 5.32 Å². The van der Waals surface area contributed by atoms with Gasteiger partial charge in [-0.25, -0.2) is 0 Å². The first-order chi connectivity index (χ1) is 8.17. The Labute approximate surface area is 111 Å². The first-order valence-corrected chi connectivity index (χ1v) is 6.87. The number of rotatable bonds is 4. The first-order valence-electron chi connectivity index (χ1n) is 6.87. The maximum absolute atomic E-state index is 12.0. The monoisotopic (exact) mass is 256 g/mol. The Bertz CT molecular complexity index is 299. The number of carbonyl (C=O) groups is 1. The van der Waals surface area contributed by atoms with Gasteiger partial charge in [-0.05, 0) is 52.9 Å². The van der Waals surface area contributed by atoms with Crippen LogP contribution in [0.25, 0.3) is 0 Å². The standard InChI is InChI=1S/C14H28N2O2/c1-10-6-7-14(8-10,9-15)18-11(2)12(17)16-13(3,4)5/h10-11H,6-9,15H2,1-5H3,(H,16,17). The molecule has 1 rings (SSSR count). The average Bonchev–Trinajstić information content (AvgIpc) is 2.58. The molecule has 1 amide bonds. The Morgan fingerprint density at radius 2 is 2.17 bits per heavy atom. The topological polar surface area (TPSA) is 64.3 Å². The van der Waals surface area contributed by atoms with E-state index in [2.05, 4.69) is 12.2 Å². The predicted molar refractivity (Wildman–Crippen MR) is 73.2 cm³/mol. The Balaban J connectivity index is 2.57. The first kappa shape index (κ1) is 15.4. The quantitative estimate of drug-likeness (QED) is 0.806. The minimum Gasteiger partial charge on any atom is -0.361 e. The number of nitrogens with two attached hydrogens (primary N) is 1. The molecule has 0 aromatic carbocycles. The van der Waals surface area contributed by atoms with Crippen molar-refractivity contribution in [2.75, 3.05) is 6.54 Å². The zero-order valence-corrected chi connectivity index (χ0v) is 12.4. The van der Waals surface area contributed by atoms with Crippen molar-refractivity contribution in [3.8, 4) is 0 Å². The van der Waals surface area contributed by atoms with E-state index < -0.39 is 6.10 Å². The largest absolute Gasteiger partial charge is 0.361 e. The van der Waals surface area contributed by atoms with Gasteiger partial charge in [-0.15, -0.1) is 0 Å². The van der Waals surface area contributed by atoms with Crippen molar-refractivity contribution in [2.45, 2.75) is 71.1 Å². The molecule has 3 N–H and O–H groups in total. The molecular weight excluding hydrogens is 228 g/mol. The second-order valence-corrected chi connectivity index (χ2v) is 6.73. The summed E-state index contributed by atoms with van der Waals surface area (Å²) in [5, 5.41) is 2.94. The SMILES string of the molecule is CC1CCC(CN)(OC(C)C(=O)NC(C)(C)C)C1. The van der Waals surface area contributed by atoms with Gasteiger partial charge in [0, 0.05) is 12.1 Å². The highest BCUT2D eigenvalue weighted by Gasteiger charge is 2.39. The van der Waals surface area contributed by atoms with Gasteiger partial charge in [0.05, 0.1) is 5.60 Å². The second kappa shape index (κ2) is 5.57. The van der Waals surface area contributed by atoms with Crippen LogP contribution >= 0.6 is 0 Å². The summed E-state index contributed by atoms with van der Waals surface area (Å²) in [6.07, 6.45) is 2.59. The molecule has 0 spiro atoms. The van der Waals surface area contributed by atoms with E-state index in [0.29, 0.717) is 12.5 Å². The van der Waals surface area contributed by atoms with Gasteiger partial charge in [0.15, 0.2) is 0 Å². The van der Waals surface area contributed by atoms with Crippen molar-refractivity contribution in [3.05, 3.63) is 0 Å². The Kier molecular flexibility index (Phi) is 4.78. The Morgan fingerprint density at radius 3 is 2.56 bits per heavy atom. The third-order valence-electron chi connectivity index (χ3n) is 3.48. The molecule has 0 radical (unpaired) electrons. The maximum atomic E-state index is 12.0. The minimum absolute atomic E-state index is 0.0603. The Hall–Kier alpha value is -0.610. The van der Waals surface area contributed by atoms with Gasteiger partial charge >= 0.3 is 0 Å². The van der Waals surface area contributed by atoms with Crippen LogP contribution in [0, 0.1) is 5.92 Å². The van der Waals surface area contributed by atoms with Crippen LogP contribution in [0.3, 0.4) is 0 Å². The lowest BCUT2D eigenvalue weighted by Gasteiger charge is -2.32. The van der Waals surface area contributed by atoms with Crippen LogP contribution in [0.5, 0.6) is 0 Å². The molecular formula is C14H28N2O2. The number of hydrogen-bond acceptors (Lipinski definition) is 3. The molecule has 4 heteroatoms. The zero-order chi connectivity index (χ0) is 14.0. The highest BCUT2D eigenvalue weighted by atomic mass is 16.5. The molecule has 1 aliphatic rings. The van der Waals surface area contributed by atoms with Gasteiger partial charge < -0.3 is 15.8 Å². The number of ether oxygens (including phenoxy) is 1. The minimum atomic E-state index is -0.446. The fourth-order valence-corrected chi connectivity index (χ4v) is 2.59. The van der Waals surface area contributed by atoms with E-state index in [0.717, 1.165) is 19.3 Å². The number of amides is 1. The van der Waals surface area contributed by atoms with Gasteiger partial charge in [-0.3, -0.25) is 4.79 Å². The molecule has 18 heavy (non-hydrogen) atoms. The molecule has 1 aliphatic carbocycles. The molecule has 4 nitrogen and oxygen atoms in total. The summed E-state index contributed by atoms with van der Waals surface area (Å²) in [5.41, 5.74) is 5.32. The molecule has 1 fully saturated rings. The van der Waals surface area contributed by atoms with Crippen LogP contribution < -0.4 is 11.1 Å². The van der Waals surface area contributed by atoms with E-state index in [-0.39, 0.29) is 17.0 Å². The molecule has 3 atom stereocenters.